The summed E-state index contributed by atoms with van der Waals surface area (Å²) in [5.41, 5.74) is 3.28. The van der Waals surface area contributed by atoms with Crippen molar-refractivity contribution in [2.24, 2.45) is 0 Å². The van der Waals surface area contributed by atoms with E-state index in [1.807, 2.05) is 6.92 Å². The van der Waals surface area contributed by atoms with E-state index in [4.69, 9.17) is 4.42 Å². The van der Waals surface area contributed by atoms with Crippen molar-refractivity contribution in [1.82, 2.24) is 15.5 Å². The van der Waals surface area contributed by atoms with E-state index in [0.29, 0.717) is 18.5 Å². The minimum atomic E-state index is 0.408. The molecule has 5 nitrogen and oxygen atoms in total. The molecule has 0 unspecified atom stereocenters. The van der Waals surface area contributed by atoms with Crippen LogP contribution in [-0.4, -0.2) is 16.7 Å². The van der Waals surface area contributed by atoms with Crippen LogP contribution >= 0.6 is 15.9 Å². The molecule has 20 heavy (non-hydrogen) atoms. The van der Waals surface area contributed by atoms with Crippen LogP contribution in [0.25, 0.3) is 0 Å². The van der Waals surface area contributed by atoms with Crippen LogP contribution in [0.3, 0.4) is 0 Å². The molecule has 1 aromatic carbocycles. The number of rotatable bonds is 6. The lowest BCUT2D eigenvalue weighted by Crippen LogP contribution is -2.13. The summed E-state index contributed by atoms with van der Waals surface area (Å²) in [6.45, 7) is 7.75. The van der Waals surface area contributed by atoms with E-state index in [0.717, 1.165) is 28.7 Å². The Kier molecular flexibility index (Phi) is 5.14. The average molecular weight is 339 g/mol. The number of aryl methyl sites for hydroxylation is 2. The number of anilines is 2. The van der Waals surface area contributed by atoms with Crippen molar-refractivity contribution < 1.29 is 4.42 Å². The van der Waals surface area contributed by atoms with E-state index < -0.39 is 0 Å². The Balaban J connectivity index is 2.07. The van der Waals surface area contributed by atoms with Gasteiger partial charge >= 0.3 is 6.01 Å². The molecule has 0 saturated heterocycles. The normalized spacial score (nSPS) is 10.8. The van der Waals surface area contributed by atoms with Crippen LogP contribution in [0.4, 0.5) is 11.7 Å². The van der Waals surface area contributed by atoms with Gasteiger partial charge in [0.25, 0.3) is 0 Å². The standard InChI is InChI=1S/C14H19BrN4O/c1-4-5-16-8-12-18-19-14(20-12)17-13-10(3)6-9(2)7-11(13)15/h6-7,16H,4-5,8H2,1-3H3,(H,17,19). The summed E-state index contributed by atoms with van der Waals surface area (Å²) in [6.07, 6.45) is 1.08. The molecule has 1 heterocycles. The maximum absolute atomic E-state index is 5.56. The highest BCUT2D eigenvalue weighted by Crippen LogP contribution is 2.30. The van der Waals surface area contributed by atoms with Crippen molar-refractivity contribution in [2.45, 2.75) is 33.7 Å². The molecule has 0 saturated carbocycles. The Morgan fingerprint density at radius 1 is 1.25 bits per heavy atom. The number of hydrogen-bond donors (Lipinski definition) is 2. The Hall–Kier alpha value is -1.40. The molecule has 0 aliphatic heterocycles. The van der Waals surface area contributed by atoms with Crippen LogP contribution in [0, 0.1) is 13.8 Å². The molecule has 2 N–H and O–H groups in total. The maximum atomic E-state index is 5.56. The van der Waals surface area contributed by atoms with E-state index in [1.165, 1.54) is 5.56 Å². The van der Waals surface area contributed by atoms with Gasteiger partial charge in [0, 0.05) is 4.47 Å². The van der Waals surface area contributed by atoms with Gasteiger partial charge in [0.05, 0.1) is 12.2 Å². The summed E-state index contributed by atoms with van der Waals surface area (Å²) >= 11 is 3.55. The van der Waals surface area contributed by atoms with Crippen LogP contribution in [-0.2, 0) is 6.54 Å². The topological polar surface area (TPSA) is 63.0 Å². The molecule has 0 amide bonds. The largest absolute Gasteiger partial charge is 0.406 e. The van der Waals surface area contributed by atoms with Gasteiger partial charge < -0.3 is 15.1 Å². The number of halogens is 1. The highest BCUT2D eigenvalue weighted by Gasteiger charge is 2.10. The molecular formula is C14H19BrN4O. The zero-order chi connectivity index (χ0) is 14.5. The lowest BCUT2D eigenvalue weighted by Gasteiger charge is -2.09. The summed E-state index contributed by atoms with van der Waals surface area (Å²) in [6, 6.07) is 4.56. The van der Waals surface area contributed by atoms with Crippen LogP contribution in [0.2, 0.25) is 0 Å². The quantitative estimate of drug-likeness (QED) is 0.786. The lowest BCUT2D eigenvalue weighted by molar-refractivity contribution is 0.479. The molecule has 0 atom stereocenters. The van der Waals surface area contributed by atoms with Crippen molar-refractivity contribution in [3.8, 4) is 0 Å². The third-order valence-electron chi connectivity index (χ3n) is 2.83. The Morgan fingerprint density at radius 2 is 2.05 bits per heavy atom. The van der Waals surface area contributed by atoms with Crippen molar-refractivity contribution in [1.29, 1.82) is 0 Å². The van der Waals surface area contributed by atoms with Crippen LogP contribution in [0.15, 0.2) is 21.0 Å². The predicted molar refractivity (Wildman–Crippen MR) is 83.2 cm³/mol. The first-order chi connectivity index (χ1) is 9.60. The zero-order valence-electron chi connectivity index (χ0n) is 12.0. The third kappa shape index (κ3) is 3.80. The molecule has 0 fully saturated rings. The molecule has 2 aromatic rings. The number of benzene rings is 1. The molecule has 0 bridgehead atoms. The Morgan fingerprint density at radius 3 is 2.75 bits per heavy atom. The monoisotopic (exact) mass is 338 g/mol. The zero-order valence-corrected chi connectivity index (χ0v) is 13.5. The second kappa shape index (κ2) is 6.85. The smallest absolute Gasteiger partial charge is 0.320 e. The highest BCUT2D eigenvalue weighted by molar-refractivity contribution is 9.10. The van der Waals surface area contributed by atoms with Gasteiger partial charge in [-0.1, -0.05) is 18.1 Å². The first-order valence-corrected chi connectivity index (χ1v) is 7.46. The molecule has 0 radical (unpaired) electrons. The molecule has 2 rings (SSSR count). The number of nitrogens with zero attached hydrogens (tertiary/aromatic N) is 2. The highest BCUT2D eigenvalue weighted by atomic mass is 79.9. The first-order valence-electron chi connectivity index (χ1n) is 6.67. The van der Waals surface area contributed by atoms with Crippen molar-refractivity contribution in [3.05, 3.63) is 33.6 Å². The Labute approximate surface area is 127 Å². The van der Waals surface area contributed by atoms with Gasteiger partial charge in [0.15, 0.2) is 0 Å². The Bertz CT molecular complexity index is 559. The van der Waals surface area contributed by atoms with Gasteiger partial charge in [0.2, 0.25) is 5.89 Å². The third-order valence-corrected chi connectivity index (χ3v) is 3.46. The van der Waals surface area contributed by atoms with E-state index in [-0.39, 0.29) is 0 Å². The fourth-order valence-electron chi connectivity index (χ4n) is 1.93. The van der Waals surface area contributed by atoms with Gasteiger partial charge in [-0.3, -0.25) is 0 Å². The summed E-state index contributed by atoms with van der Waals surface area (Å²) in [7, 11) is 0. The number of aromatic nitrogens is 2. The summed E-state index contributed by atoms with van der Waals surface area (Å²) in [5, 5.41) is 14.4. The molecule has 0 aliphatic rings. The molecular weight excluding hydrogens is 320 g/mol. The lowest BCUT2D eigenvalue weighted by atomic mass is 10.1. The van der Waals surface area contributed by atoms with Gasteiger partial charge in [-0.05, 0) is 59.9 Å². The number of nitrogens with one attached hydrogen (secondary N) is 2. The summed E-state index contributed by atoms with van der Waals surface area (Å²) in [5.74, 6) is 0.585. The summed E-state index contributed by atoms with van der Waals surface area (Å²) < 4.78 is 6.54. The van der Waals surface area contributed by atoms with Crippen LogP contribution < -0.4 is 10.6 Å². The molecule has 1 aromatic heterocycles. The van der Waals surface area contributed by atoms with Crippen molar-refractivity contribution >= 4 is 27.6 Å². The molecule has 0 spiro atoms. The summed E-state index contributed by atoms with van der Waals surface area (Å²) in [4.78, 5) is 0. The van der Waals surface area contributed by atoms with Crippen LogP contribution in [0.1, 0.15) is 30.4 Å². The van der Waals surface area contributed by atoms with Crippen molar-refractivity contribution in [3.63, 3.8) is 0 Å². The first kappa shape index (κ1) is 15.0. The fraction of sp³-hybridized carbons (Fsp3) is 0.429. The van der Waals surface area contributed by atoms with E-state index >= 15 is 0 Å². The second-order valence-electron chi connectivity index (χ2n) is 4.74. The maximum Gasteiger partial charge on any atom is 0.320 e. The number of hydrogen-bond acceptors (Lipinski definition) is 5. The fourth-order valence-corrected chi connectivity index (χ4v) is 2.70. The second-order valence-corrected chi connectivity index (χ2v) is 5.60. The molecule has 108 valence electrons. The minimum Gasteiger partial charge on any atom is -0.406 e. The van der Waals surface area contributed by atoms with Crippen LogP contribution in [0.5, 0.6) is 0 Å². The van der Waals surface area contributed by atoms with Gasteiger partial charge in [-0.2, -0.15) is 0 Å². The van der Waals surface area contributed by atoms with E-state index in [1.54, 1.807) is 0 Å². The van der Waals surface area contributed by atoms with Gasteiger partial charge in [-0.15, -0.1) is 5.10 Å². The van der Waals surface area contributed by atoms with Gasteiger partial charge in [0.1, 0.15) is 0 Å². The average Bonchev–Trinajstić information content (AvgIpc) is 2.82. The minimum absolute atomic E-state index is 0.408. The SMILES string of the molecule is CCCNCc1nnc(Nc2c(C)cc(C)cc2Br)o1. The van der Waals surface area contributed by atoms with E-state index in [2.05, 4.69) is 62.7 Å². The molecule has 0 aliphatic carbocycles. The van der Waals surface area contributed by atoms with E-state index in [9.17, 15) is 0 Å². The predicted octanol–water partition coefficient (Wildman–Crippen LogP) is 3.69. The van der Waals surface area contributed by atoms with Gasteiger partial charge in [-0.25, -0.2) is 0 Å². The molecule has 6 heteroatoms. The van der Waals surface area contributed by atoms with Crippen molar-refractivity contribution in [2.75, 3.05) is 11.9 Å².